The van der Waals surface area contributed by atoms with E-state index in [9.17, 15) is 9.59 Å². The minimum atomic E-state index is -0.255. The van der Waals surface area contributed by atoms with Crippen LogP contribution in [0.15, 0.2) is 42.5 Å². The van der Waals surface area contributed by atoms with Crippen molar-refractivity contribution in [2.75, 3.05) is 26.9 Å². The normalized spacial score (nSPS) is 22.1. The first-order valence-corrected chi connectivity index (χ1v) is 11.2. The molecule has 0 aromatic heterocycles. The third kappa shape index (κ3) is 5.01. The number of amides is 1. The van der Waals surface area contributed by atoms with E-state index in [2.05, 4.69) is 5.32 Å². The van der Waals surface area contributed by atoms with Gasteiger partial charge in [-0.25, -0.2) is 0 Å². The van der Waals surface area contributed by atoms with Gasteiger partial charge < -0.3 is 25.3 Å². The quantitative estimate of drug-likeness (QED) is 0.486. The maximum absolute atomic E-state index is 13.0. The third-order valence-electron chi connectivity index (χ3n) is 5.97. The molecule has 0 unspecified atom stereocenters. The molecule has 1 saturated heterocycles. The lowest BCUT2D eigenvalue weighted by atomic mass is 9.89. The molecule has 1 amide bonds. The molecule has 2 aromatic rings. The first-order chi connectivity index (χ1) is 15.6. The van der Waals surface area contributed by atoms with Crippen molar-refractivity contribution in [3.63, 3.8) is 0 Å². The molecule has 1 fully saturated rings. The number of fused-ring (bicyclic) bond motifs is 1. The Labute approximate surface area is 188 Å². The van der Waals surface area contributed by atoms with Crippen molar-refractivity contribution in [1.29, 1.82) is 0 Å². The van der Waals surface area contributed by atoms with Crippen molar-refractivity contribution in [1.82, 2.24) is 5.32 Å². The predicted octanol–water partition coefficient (Wildman–Crippen LogP) is 3.01. The highest BCUT2D eigenvalue weighted by molar-refractivity contribution is 6.03. The van der Waals surface area contributed by atoms with Crippen molar-refractivity contribution in [3.05, 3.63) is 64.7 Å². The molecule has 2 aromatic carbocycles. The van der Waals surface area contributed by atoms with E-state index in [1.807, 2.05) is 36.4 Å². The van der Waals surface area contributed by atoms with Crippen LogP contribution in [0.5, 0.6) is 5.75 Å². The summed E-state index contributed by atoms with van der Waals surface area (Å²) in [5.41, 5.74) is 8.70. The number of hydrogen-bond donors (Lipinski definition) is 2. The Kier molecular flexibility index (Phi) is 7.19. The fourth-order valence-electron chi connectivity index (χ4n) is 4.22. The first kappa shape index (κ1) is 22.5. The molecule has 32 heavy (non-hydrogen) atoms. The van der Waals surface area contributed by atoms with E-state index in [0.29, 0.717) is 43.1 Å². The smallest absolute Gasteiger partial charge is 0.254 e. The summed E-state index contributed by atoms with van der Waals surface area (Å²) in [5, 5.41) is 2.66. The SMILES string of the molecule is CNC(=O)c1cc(C(=O)CCCCC2OCC(N)CO2)cc2c1OC[C@H]2c1ccccc1. The zero-order valence-corrected chi connectivity index (χ0v) is 18.3. The van der Waals surface area contributed by atoms with Crippen molar-refractivity contribution in [2.45, 2.75) is 43.9 Å². The van der Waals surface area contributed by atoms with Gasteiger partial charge in [0.15, 0.2) is 12.1 Å². The molecule has 7 nitrogen and oxygen atoms in total. The molecule has 7 heteroatoms. The summed E-state index contributed by atoms with van der Waals surface area (Å²) in [4.78, 5) is 25.5. The standard InChI is InChI=1S/C25H30N2O5/c1-27-25(29)20-12-17(22(28)9-5-6-10-23-30-13-18(26)14-31-23)11-19-21(15-32-24(19)20)16-7-3-2-4-8-16/h2-4,7-8,11-12,18,21,23H,5-6,9-10,13-15,26H2,1H3,(H,27,29)/t18?,21-,23?/m0/s1. The molecular weight excluding hydrogens is 408 g/mol. The van der Waals surface area contributed by atoms with Crippen LogP contribution in [0.1, 0.15) is 63.4 Å². The van der Waals surface area contributed by atoms with E-state index in [4.69, 9.17) is 19.9 Å². The number of Topliss-reactive ketones (excluding diaryl/α,β-unsaturated/α-hetero) is 1. The van der Waals surface area contributed by atoms with E-state index < -0.39 is 0 Å². The Morgan fingerprint density at radius 3 is 2.53 bits per heavy atom. The molecule has 2 aliphatic heterocycles. The second kappa shape index (κ2) is 10.3. The highest BCUT2D eigenvalue weighted by Crippen LogP contribution is 2.41. The van der Waals surface area contributed by atoms with Gasteiger partial charge in [-0.15, -0.1) is 0 Å². The molecule has 2 heterocycles. The fraction of sp³-hybridized carbons (Fsp3) is 0.440. The molecule has 170 valence electrons. The van der Waals surface area contributed by atoms with Crippen LogP contribution < -0.4 is 15.8 Å². The molecule has 0 bridgehead atoms. The van der Waals surface area contributed by atoms with Gasteiger partial charge in [-0.3, -0.25) is 9.59 Å². The summed E-state index contributed by atoms with van der Waals surface area (Å²) in [7, 11) is 1.58. The van der Waals surface area contributed by atoms with Gasteiger partial charge in [-0.1, -0.05) is 30.3 Å². The van der Waals surface area contributed by atoms with Crippen LogP contribution in [0.3, 0.4) is 0 Å². The topological polar surface area (TPSA) is 99.9 Å². The zero-order chi connectivity index (χ0) is 22.5. The molecule has 4 rings (SSSR count). The summed E-state index contributed by atoms with van der Waals surface area (Å²) < 4.78 is 17.0. The summed E-state index contributed by atoms with van der Waals surface area (Å²) in [6, 6.07) is 13.5. The number of unbranched alkanes of at least 4 members (excludes halogenated alkanes) is 1. The Morgan fingerprint density at radius 1 is 1.06 bits per heavy atom. The van der Waals surface area contributed by atoms with Crippen LogP contribution in [0.2, 0.25) is 0 Å². The number of carbonyl (C=O) groups excluding carboxylic acids is 2. The van der Waals surface area contributed by atoms with Crippen LogP contribution in [0.4, 0.5) is 0 Å². The maximum Gasteiger partial charge on any atom is 0.254 e. The number of rotatable bonds is 8. The summed E-state index contributed by atoms with van der Waals surface area (Å²) in [6.07, 6.45) is 2.42. The van der Waals surface area contributed by atoms with Crippen LogP contribution >= 0.6 is 0 Å². The Morgan fingerprint density at radius 2 is 1.81 bits per heavy atom. The number of benzene rings is 2. The van der Waals surface area contributed by atoms with E-state index in [1.165, 1.54) is 0 Å². The van der Waals surface area contributed by atoms with Gasteiger partial charge in [0.2, 0.25) is 0 Å². The number of carbonyl (C=O) groups is 2. The monoisotopic (exact) mass is 438 g/mol. The van der Waals surface area contributed by atoms with E-state index in [0.717, 1.165) is 30.4 Å². The minimum absolute atomic E-state index is 0.00525. The predicted molar refractivity (Wildman–Crippen MR) is 120 cm³/mol. The van der Waals surface area contributed by atoms with Gasteiger partial charge in [0.1, 0.15) is 5.75 Å². The third-order valence-corrected chi connectivity index (χ3v) is 5.97. The van der Waals surface area contributed by atoms with E-state index >= 15 is 0 Å². The second-order valence-corrected chi connectivity index (χ2v) is 8.32. The highest BCUT2D eigenvalue weighted by atomic mass is 16.7. The second-order valence-electron chi connectivity index (χ2n) is 8.32. The van der Waals surface area contributed by atoms with Crippen LogP contribution in [-0.4, -0.2) is 50.9 Å². The largest absolute Gasteiger partial charge is 0.491 e. The molecule has 0 spiro atoms. The van der Waals surface area contributed by atoms with Crippen molar-refractivity contribution in [3.8, 4) is 5.75 Å². The van der Waals surface area contributed by atoms with Gasteiger partial charge in [0, 0.05) is 30.5 Å². The van der Waals surface area contributed by atoms with Gasteiger partial charge >= 0.3 is 0 Å². The minimum Gasteiger partial charge on any atom is -0.491 e. The van der Waals surface area contributed by atoms with Crippen molar-refractivity contribution in [2.24, 2.45) is 5.73 Å². The average molecular weight is 439 g/mol. The molecule has 2 aliphatic rings. The first-order valence-electron chi connectivity index (χ1n) is 11.2. The zero-order valence-electron chi connectivity index (χ0n) is 18.3. The maximum atomic E-state index is 13.0. The lowest BCUT2D eigenvalue weighted by Gasteiger charge is -2.27. The van der Waals surface area contributed by atoms with Crippen molar-refractivity contribution < 1.29 is 23.8 Å². The van der Waals surface area contributed by atoms with Crippen molar-refractivity contribution >= 4 is 11.7 Å². The van der Waals surface area contributed by atoms with Crippen LogP contribution in [0.25, 0.3) is 0 Å². The fourth-order valence-corrected chi connectivity index (χ4v) is 4.22. The Hall–Kier alpha value is -2.74. The molecule has 3 N–H and O–H groups in total. The van der Waals surface area contributed by atoms with Gasteiger partial charge in [0.05, 0.1) is 31.4 Å². The number of nitrogens with two attached hydrogens (primary N) is 1. The molecule has 0 radical (unpaired) electrons. The van der Waals surface area contributed by atoms with Gasteiger partial charge in [0.25, 0.3) is 5.91 Å². The highest BCUT2D eigenvalue weighted by Gasteiger charge is 2.31. The Bertz CT molecular complexity index is 954. The summed E-state index contributed by atoms with van der Waals surface area (Å²) in [5.74, 6) is 0.326. The molecule has 0 aliphatic carbocycles. The van der Waals surface area contributed by atoms with Gasteiger partial charge in [-0.05, 0) is 37.0 Å². The number of ketones is 1. The van der Waals surface area contributed by atoms with E-state index in [-0.39, 0.29) is 29.9 Å². The average Bonchev–Trinajstić information content (AvgIpc) is 3.26. The molecule has 0 saturated carbocycles. The number of nitrogens with one attached hydrogen (secondary N) is 1. The Balaban J connectivity index is 1.46. The van der Waals surface area contributed by atoms with E-state index in [1.54, 1.807) is 13.1 Å². The summed E-state index contributed by atoms with van der Waals surface area (Å²) in [6.45, 7) is 1.46. The number of hydrogen-bond acceptors (Lipinski definition) is 6. The van der Waals surface area contributed by atoms with Gasteiger partial charge in [-0.2, -0.15) is 0 Å². The van der Waals surface area contributed by atoms with Crippen LogP contribution in [-0.2, 0) is 9.47 Å². The molecule has 1 atom stereocenters. The molecular formula is C25H30N2O5. The lowest BCUT2D eigenvalue weighted by Crippen LogP contribution is -2.41. The van der Waals surface area contributed by atoms with Crippen LogP contribution in [0, 0.1) is 0 Å². The summed E-state index contributed by atoms with van der Waals surface area (Å²) >= 11 is 0. The lowest BCUT2D eigenvalue weighted by molar-refractivity contribution is -0.188. The number of ether oxygens (including phenoxy) is 3.